The Morgan fingerprint density at radius 1 is 1.19 bits per heavy atom. The number of rotatable bonds is 4. The van der Waals surface area contributed by atoms with Gasteiger partial charge in [0, 0.05) is 17.4 Å². The zero-order valence-corrected chi connectivity index (χ0v) is 14.5. The van der Waals surface area contributed by atoms with Crippen LogP contribution in [0.2, 0.25) is 0 Å². The first-order valence-electron chi connectivity index (χ1n) is 8.88. The number of carbonyl (C=O) groups is 1. The number of aryl methyl sites for hydroxylation is 2. The summed E-state index contributed by atoms with van der Waals surface area (Å²) in [5.41, 5.74) is 2.25. The molecular weight excluding hydrogens is 333 g/mol. The number of amides is 1. The number of furan rings is 1. The number of para-hydroxylation sites is 1. The number of hydrogen-bond acceptors (Lipinski definition) is 3. The fourth-order valence-corrected chi connectivity index (χ4v) is 3.37. The van der Waals surface area contributed by atoms with Crippen molar-refractivity contribution >= 4 is 22.6 Å². The predicted octanol–water partition coefficient (Wildman–Crippen LogP) is 4.86. The molecule has 2 aromatic carbocycles. The summed E-state index contributed by atoms with van der Waals surface area (Å²) in [7, 11) is 0. The van der Waals surface area contributed by atoms with E-state index in [1.165, 1.54) is 17.7 Å². The van der Waals surface area contributed by atoms with Gasteiger partial charge in [-0.3, -0.25) is 4.79 Å². The Balaban J connectivity index is 1.51. The molecule has 5 heteroatoms. The van der Waals surface area contributed by atoms with Crippen molar-refractivity contribution in [2.75, 3.05) is 5.32 Å². The molecule has 4 nitrogen and oxygen atoms in total. The number of anilines is 1. The third kappa shape index (κ3) is 3.17. The van der Waals surface area contributed by atoms with Gasteiger partial charge in [-0.05, 0) is 56.5 Å². The lowest BCUT2D eigenvalue weighted by Crippen LogP contribution is -2.30. The van der Waals surface area contributed by atoms with Gasteiger partial charge in [-0.25, -0.2) is 4.39 Å². The Labute approximate surface area is 151 Å². The SMILES string of the molecule is C[C@@H](Oc1ccc2oc3c(c2c1)CCCC3)C(=O)Nc1ccccc1F. The van der Waals surface area contributed by atoms with Gasteiger partial charge in [-0.15, -0.1) is 0 Å². The summed E-state index contributed by atoms with van der Waals surface area (Å²) in [6, 6.07) is 11.7. The van der Waals surface area contributed by atoms with E-state index in [0.29, 0.717) is 5.75 Å². The fourth-order valence-electron chi connectivity index (χ4n) is 3.37. The van der Waals surface area contributed by atoms with Crippen molar-refractivity contribution in [3.63, 3.8) is 0 Å². The van der Waals surface area contributed by atoms with Gasteiger partial charge in [0.25, 0.3) is 5.91 Å². The third-order valence-corrected chi connectivity index (χ3v) is 4.74. The number of benzene rings is 2. The molecular formula is C21H20FNO3. The monoisotopic (exact) mass is 353 g/mol. The Morgan fingerprint density at radius 2 is 2.00 bits per heavy atom. The van der Waals surface area contributed by atoms with Crippen LogP contribution in [0, 0.1) is 5.82 Å². The molecule has 0 unspecified atom stereocenters. The molecule has 26 heavy (non-hydrogen) atoms. The molecule has 0 fully saturated rings. The highest BCUT2D eigenvalue weighted by atomic mass is 19.1. The van der Waals surface area contributed by atoms with Crippen LogP contribution in [0.3, 0.4) is 0 Å². The molecule has 0 saturated heterocycles. The van der Waals surface area contributed by atoms with Crippen LogP contribution in [0.5, 0.6) is 5.75 Å². The van der Waals surface area contributed by atoms with Crippen LogP contribution in [0.15, 0.2) is 46.9 Å². The smallest absolute Gasteiger partial charge is 0.265 e. The van der Waals surface area contributed by atoms with E-state index in [1.807, 2.05) is 12.1 Å². The van der Waals surface area contributed by atoms with E-state index in [4.69, 9.17) is 9.15 Å². The van der Waals surface area contributed by atoms with E-state index >= 15 is 0 Å². The molecule has 0 radical (unpaired) electrons. The van der Waals surface area contributed by atoms with Crippen molar-refractivity contribution in [3.8, 4) is 5.75 Å². The molecule has 0 saturated carbocycles. The molecule has 1 amide bonds. The molecule has 0 spiro atoms. The van der Waals surface area contributed by atoms with E-state index in [-0.39, 0.29) is 5.69 Å². The minimum atomic E-state index is -0.755. The van der Waals surface area contributed by atoms with E-state index in [1.54, 1.807) is 25.1 Å². The summed E-state index contributed by atoms with van der Waals surface area (Å²) in [5, 5.41) is 3.61. The zero-order valence-electron chi connectivity index (χ0n) is 14.5. The number of fused-ring (bicyclic) bond motifs is 3. The van der Waals surface area contributed by atoms with Crippen molar-refractivity contribution in [2.24, 2.45) is 0 Å². The minimum absolute atomic E-state index is 0.146. The predicted molar refractivity (Wildman–Crippen MR) is 98.0 cm³/mol. The Kier molecular flexibility index (Phi) is 4.37. The maximum atomic E-state index is 13.7. The van der Waals surface area contributed by atoms with Crippen LogP contribution in [0.1, 0.15) is 31.1 Å². The molecule has 1 aliphatic rings. The van der Waals surface area contributed by atoms with Crippen LogP contribution < -0.4 is 10.1 Å². The normalized spacial score (nSPS) is 14.7. The average Bonchev–Trinajstić information content (AvgIpc) is 3.01. The lowest BCUT2D eigenvalue weighted by Gasteiger charge is -2.15. The summed E-state index contributed by atoms with van der Waals surface area (Å²) in [4.78, 5) is 12.3. The van der Waals surface area contributed by atoms with Crippen LogP contribution in [-0.4, -0.2) is 12.0 Å². The average molecular weight is 353 g/mol. The van der Waals surface area contributed by atoms with Gasteiger partial charge in [0.1, 0.15) is 22.9 Å². The Morgan fingerprint density at radius 3 is 2.85 bits per heavy atom. The highest BCUT2D eigenvalue weighted by Gasteiger charge is 2.20. The maximum Gasteiger partial charge on any atom is 0.265 e. The lowest BCUT2D eigenvalue weighted by atomic mass is 9.96. The number of halogens is 1. The molecule has 1 atom stereocenters. The molecule has 1 aromatic heterocycles. The number of ether oxygens (including phenoxy) is 1. The molecule has 134 valence electrons. The summed E-state index contributed by atoms with van der Waals surface area (Å²) < 4.78 is 25.4. The number of nitrogens with one attached hydrogen (secondary N) is 1. The van der Waals surface area contributed by atoms with Crippen molar-refractivity contribution in [1.29, 1.82) is 0 Å². The molecule has 3 aromatic rings. The van der Waals surface area contributed by atoms with Crippen molar-refractivity contribution in [3.05, 3.63) is 59.6 Å². The Bertz CT molecular complexity index is 963. The van der Waals surface area contributed by atoms with E-state index in [9.17, 15) is 9.18 Å². The highest BCUT2D eigenvalue weighted by molar-refractivity contribution is 5.94. The van der Waals surface area contributed by atoms with E-state index in [0.717, 1.165) is 42.4 Å². The van der Waals surface area contributed by atoms with Gasteiger partial charge < -0.3 is 14.5 Å². The second-order valence-corrected chi connectivity index (χ2v) is 6.60. The minimum Gasteiger partial charge on any atom is -0.481 e. The summed E-state index contributed by atoms with van der Waals surface area (Å²) in [6.45, 7) is 1.64. The first kappa shape index (κ1) is 16.6. The van der Waals surface area contributed by atoms with Crippen LogP contribution in [0.4, 0.5) is 10.1 Å². The second kappa shape index (κ2) is 6.83. The topological polar surface area (TPSA) is 51.5 Å². The van der Waals surface area contributed by atoms with Gasteiger partial charge in [-0.2, -0.15) is 0 Å². The van der Waals surface area contributed by atoms with Gasteiger partial charge >= 0.3 is 0 Å². The molecule has 1 N–H and O–H groups in total. The molecule has 4 rings (SSSR count). The van der Waals surface area contributed by atoms with Crippen LogP contribution in [0.25, 0.3) is 11.0 Å². The van der Waals surface area contributed by atoms with Crippen molar-refractivity contribution in [2.45, 2.75) is 38.7 Å². The zero-order chi connectivity index (χ0) is 18.1. The number of carbonyl (C=O) groups excluding carboxylic acids is 1. The van der Waals surface area contributed by atoms with Crippen LogP contribution >= 0.6 is 0 Å². The first-order valence-corrected chi connectivity index (χ1v) is 8.88. The second-order valence-electron chi connectivity index (χ2n) is 6.60. The summed E-state index contributed by atoms with van der Waals surface area (Å²) in [6.07, 6.45) is 3.55. The quantitative estimate of drug-likeness (QED) is 0.729. The van der Waals surface area contributed by atoms with E-state index in [2.05, 4.69) is 5.32 Å². The largest absolute Gasteiger partial charge is 0.481 e. The van der Waals surface area contributed by atoms with E-state index < -0.39 is 17.8 Å². The van der Waals surface area contributed by atoms with Crippen molar-refractivity contribution in [1.82, 2.24) is 0 Å². The third-order valence-electron chi connectivity index (χ3n) is 4.74. The molecule has 0 bridgehead atoms. The van der Waals surface area contributed by atoms with Gasteiger partial charge in [0.05, 0.1) is 5.69 Å². The van der Waals surface area contributed by atoms with Gasteiger partial charge in [0.15, 0.2) is 6.10 Å². The lowest BCUT2D eigenvalue weighted by molar-refractivity contribution is -0.122. The molecule has 1 aliphatic carbocycles. The van der Waals surface area contributed by atoms with Crippen molar-refractivity contribution < 1.29 is 18.3 Å². The number of hydrogen-bond donors (Lipinski definition) is 1. The first-order chi connectivity index (χ1) is 12.6. The Hall–Kier alpha value is -2.82. The summed E-state index contributed by atoms with van der Waals surface area (Å²) >= 11 is 0. The molecule has 1 heterocycles. The van der Waals surface area contributed by atoms with Gasteiger partial charge in [0.2, 0.25) is 0 Å². The highest BCUT2D eigenvalue weighted by Crippen LogP contribution is 2.34. The summed E-state index contributed by atoms with van der Waals surface area (Å²) in [5.74, 6) is 0.792. The van der Waals surface area contributed by atoms with Gasteiger partial charge in [-0.1, -0.05) is 12.1 Å². The molecule has 0 aliphatic heterocycles. The van der Waals surface area contributed by atoms with Crippen LogP contribution in [-0.2, 0) is 17.6 Å². The standard InChI is InChI=1S/C21H20FNO3/c1-13(21(24)23-18-8-4-3-7-17(18)22)25-14-10-11-20-16(12-14)15-6-2-5-9-19(15)26-20/h3-4,7-8,10-13H,2,5-6,9H2,1H3,(H,23,24)/t13-/m1/s1. The fraction of sp³-hybridized carbons (Fsp3) is 0.286. The maximum absolute atomic E-state index is 13.7.